The first kappa shape index (κ1) is 34.4. The number of carbonyl (C=O) groups excluding carboxylic acids is 2. The molecule has 1 saturated heterocycles. The first-order valence-electron chi connectivity index (χ1n) is 17.6. The lowest BCUT2D eigenvalue weighted by atomic mass is 10.0. The van der Waals surface area contributed by atoms with E-state index in [1.54, 1.807) is 22.9 Å². The molecule has 1 fully saturated rings. The van der Waals surface area contributed by atoms with Crippen LogP contribution in [0, 0.1) is 0 Å². The summed E-state index contributed by atoms with van der Waals surface area (Å²) in [5.41, 5.74) is 3.68. The number of fused-ring (bicyclic) bond motifs is 1. The maximum atomic E-state index is 15.0. The maximum absolute atomic E-state index is 15.0. The molecule has 53 heavy (non-hydrogen) atoms. The van der Waals surface area contributed by atoms with Gasteiger partial charge in [-0.1, -0.05) is 182 Å². The van der Waals surface area contributed by atoms with Gasteiger partial charge in [-0.2, -0.15) is 0 Å². The SMILES string of the molecule is O=C(OC(c1ccccc1)c1ccccc1)C1=C(C=P(c2ccccc2)(c2ccccc2)c2ccccc2)CS[C@@H]2C(N=Cc3ccccc3)C(=O)N12. The molecule has 0 bridgehead atoms. The molecule has 0 aliphatic carbocycles. The van der Waals surface area contributed by atoms with Gasteiger partial charge in [-0.3, -0.25) is 14.7 Å². The number of nitrogens with zero attached hydrogens (tertiary/aromatic N) is 2. The summed E-state index contributed by atoms with van der Waals surface area (Å²) in [5.74, 6) is 2.05. The molecule has 6 aromatic carbocycles. The number of amides is 1. The molecule has 1 amide bonds. The molecule has 7 heteroatoms. The fraction of sp³-hybridized carbons (Fsp3) is 0.0870. The lowest BCUT2D eigenvalue weighted by Crippen LogP contribution is -2.64. The van der Waals surface area contributed by atoms with Crippen LogP contribution >= 0.6 is 18.6 Å². The van der Waals surface area contributed by atoms with E-state index in [-0.39, 0.29) is 17.0 Å². The van der Waals surface area contributed by atoms with Crippen LogP contribution in [0.25, 0.3) is 0 Å². The highest BCUT2D eigenvalue weighted by Gasteiger charge is 2.54. The van der Waals surface area contributed by atoms with Crippen LogP contribution in [0.1, 0.15) is 22.8 Å². The zero-order chi connectivity index (χ0) is 36.0. The highest BCUT2D eigenvalue weighted by Crippen LogP contribution is 2.48. The predicted molar refractivity (Wildman–Crippen MR) is 220 cm³/mol. The topological polar surface area (TPSA) is 59.0 Å². The first-order chi connectivity index (χ1) is 26.1. The Hall–Kier alpha value is -5.68. The highest BCUT2D eigenvalue weighted by atomic mass is 32.2. The van der Waals surface area contributed by atoms with Gasteiger partial charge in [-0.25, -0.2) is 4.79 Å². The summed E-state index contributed by atoms with van der Waals surface area (Å²) in [7, 11) is 0. The Morgan fingerprint density at radius 1 is 0.660 bits per heavy atom. The third kappa shape index (κ3) is 6.84. The average molecular weight is 729 g/mol. The number of hydrogen-bond acceptors (Lipinski definition) is 5. The maximum Gasteiger partial charge on any atom is 0.356 e. The second-order valence-electron chi connectivity index (χ2n) is 12.9. The molecular formula is C46H37N2O3PS. The van der Waals surface area contributed by atoms with Gasteiger partial charge in [0.2, 0.25) is 0 Å². The molecule has 6 aromatic rings. The summed E-state index contributed by atoms with van der Waals surface area (Å²) in [4.78, 5) is 35.6. The van der Waals surface area contributed by atoms with Crippen LogP contribution in [0.5, 0.6) is 0 Å². The van der Waals surface area contributed by atoms with Crippen LogP contribution < -0.4 is 15.9 Å². The Morgan fingerprint density at radius 2 is 1.09 bits per heavy atom. The number of rotatable bonds is 10. The minimum Gasteiger partial charge on any atom is -0.448 e. The van der Waals surface area contributed by atoms with Gasteiger partial charge < -0.3 is 4.74 Å². The van der Waals surface area contributed by atoms with Crippen molar-refractivity contribution in [3.8, 4) is 0 Å². The van der Waals surface area contributed by atoms with Gasteiger partial charge in [0.15, 0.2) is 12.1 Å². The molecule has 2 aliphatic heterocycles. The zero-order valence-corrected chi connectivity index (χ0v) is 30.6. The molecular weight excluding hydrogens is 692 g/mol. The summed E-state index contributed by atoms with van der Waals surface area (Å²) in [5, 5.41) is 3.11. The van der Waals surface area contributed by atoms with Gasteiger partial charge in [-0.05, 0) is 50.9 Å². The van der Waals surface area contributed by atoms with Crippen molar-refractivity contribution in [1.82, 2.24) is 4.90 Å². The van der Waals surface area contributed by atoms with Crippen LogP contribution in [-0.2, 0) is 14.3 Å². The molecule has 1 unspecified atom stereocenters. The van der Waals surface area contributed by atoms with Crippen molar-refractivity contribution in [3.05, 3.63) is 210 Å². The van der Waals surface area contributed by atoms with Crippen molar-refractivity contribution in [1.29, 1.82) is 0 Å². The van der Waals surface area contributed by atoms with Crippen LogP contribution in [0.15, 0.2) is 198 Å². The second-order valence-corrected chi connectivity index (χ2v) is 17.2. The normalized spacial score (nSPS) is 17.0. The molecule has 0 spiro atoms. The standard InChI is InChI=1S/C46H37N2O3PS/c49-44-41(47-31-34-19-7-1-8-20-34)45-48(44)42(46(50)51-43(35-21-9-2-10-22-35)36-23-11-3-12-24-36)37(33-53-45)32-52(38-25-13-4-14-26-38,39-27-15-5-16-28-39)40-29-17-6-18-30-40/h1-32,41,43,45H,33H2/t41?,45-/m1/s1. The monoisotopic (exact) mass is 728 g/mol. The first-order valence-corrected chi connectivity index (χ1v) is 20.5. The lowest BCUT2D eigenvalue weighted by molar-refractivity contribution is -0.152. The number of esters is 1. The molecule has 2 aliphatic rings. The fourth-order valence-corrected chi connectivity index (χ4v) is 12.4. The largest absolute Gasteiger partial charge is 0.448 e. The van der Waals surface area contributed by atoms with Crippen molar-refractivity contribution in [2.24, 2.45) is 4.99 Å². The number of carbonyl (C=O) groups is 2. The van der Waals surface area contributed by atoms with Gasteiger partial charge in [0.1, 0.15) is 11.1 Å². The predicted octanol–water partition coefficient (Wildman–Crippen LogP) is 7.77. The highest BCUT2D eigenvalue weighted by molar-refractivity contribution is 8.00. The number of benzene rings is 6. The summed E-state index contributed by atoms with van der Waals surface area (Å²) in [6, 6.07) is 60.2. The molecule has 0 radical (unpaired) electrons. The summed E-state index contributed by atoms with van der Waals surface area (Å²) in [6.45, 7) is -2.53. The van der Waals surface area contributed by atoms with Crippen molar-refractivity contribution in [3.63, 3.8) is 0 Å². The number of ether oxygens (including phenoxy) is 1. The van der Waals surface area contributed by atoms with E-state index in [1.807, 2.05) is 109 Å². The Kier molecular flexibility index (Phi) is 10.1. The van der Waals surface area contributed by atoms with E-state index in [9.17, 15) is 9.59 Å². The van der Waals surface area contributed by atoms with E-state index in [4.69, 9.17) is 9.73 Å². The van der Waals surface area contributed by atoms with E-state index >= 15 is 0 Å². The summed E-state index contributed by atoms with van der Waals surface area (Å²) >= 11 is 1.64. The van der Waals surface area contributed by atoms with Crippen LogP contribution in [-0.4, -0.2) is 46.0 Å². The van der Waals surface area contributed by atoms with Gasteiger partial charge in [0, 0.05) is 12.0 Å². The number of aliphatic imine (C=N–C) groups is 1. The van der Waals surface area contributed by atoms with Gasteiger partial charge in [-0.15, -0.1) is 11.8 Å². The summed E-state index contributed by atoms with van der Waals surface area (Å²) in [6.07, 6.45) is 1.08. The van der Waals surface area contributed by atoms with Gasteiger partial charge >= 0.3 is 5.97 Å². The third-order valence-electron chi connectivity index (χ3n) is 9.62. The smallest absolute Gasteiger partial charge is 0.356 e. The fourth-order valence-electron chi connectivity index (χ4n) is 7.06. The Labute approximate surface area is 314 Å². The van der Waals surface area contributed by atoms with E-state index in [1.165, 1.54) is 0 Å². The number of β-lactam (4-membered cyclic amide) rings is 1. The van der Waals surface area contributed by atoms with E-state index in [0.29, 0.717) is 5.75 Å². The van der Waals surface area contributed by atoms with E-state index in [2.05, 4.69) is 78.6 Å². The zero-order valence-electron chi connectivity index (χ0n) is 28.9. The second kappa shape index (κ2) is 15.5. The molecule has 0 aromatic heterocycles. The number of hydrogen-bond donors (Lipinski definition) is 0. The van der Waals surface area contributed by atoms with Crippen molar-refractivity contribution < 1.29 is 14.3 Å². The van der Waals surface area contributed by atoms with Crippen molar-refractivity contribution in [2.75, 3.05) is 5.75 Å². The molecule has 5 nitrogen and oxygen atoms in total. The minimum absolute atomic E-state index is 0.216. The summed E-state index contributed by atoms with van der Waals surface area (Å²) < 4.78 is 6.54. The van der Waals surface area contributed by atoms with Gasteiger partial charge in [0.25, 0.3) is 5.91 Å². The molecule has 260 valence electrons. The lowest BCUT2D eigenvalue weighted by Gasteiger charge is -2.48. The molecule has 2 atom stereocenters. The molecule has 2 heterocycles. The van der Waals surface area contributed by atoms with Gasteiger partial charge in [0.05, 0.1) is 0 Å². The third-order valence-corrected chi connectivity index (χ3v) is 14.9. The molecule has 0 N–H and O–H groups in total. The average Bonchev–Trinajstić information content (AvgIpc) is 3.23. The van der Waals surface area contributed by atoms with Crippen molar-refractivity contribution in [2.45, 2.75) is 17.5 Å². The van der Waals surface area contributed by atoms with Crippen LogP contribution in [0.3, 0.4) is 0 Å². The number of thioether (sulfide) groups is 1. The van der Waals surface area contributed by atoms with Crippen LogP contribution in [0.4, 0.5) is 0 Å². The van der Waals surface area contributed by atoms with Crippen molar-refractivity contribution >= 4 is 58.4 Å². The quantitative estimate of drug-likeness (QED) is 0.0627. The van der Waals surface area contributed by atoms with Crippen LogP contribution in [0.2, 0.25) is 0 Å². The Balaban J connectivity index is 1.32. The van der Waals surface area contributed by atoms with E-state index in [0.717, 1.165) is 38.2 Å². The Bertz CT molecular complexity index is 2180. The Morgan fingerprint density at radius 3 is 1.57 bits per heavy atom. The molecule has 0 saturated carbocycles. The minimum atomic E-state index is -2.53. The van der Waals surface area contributed by atoms with E-state index < -0.39 is 25.0 Å². The molecule has 8 rings (SSSR count).